The molecule has 12 heteroatoms. The summed E-state index contributed by atoms with van der Waals surface area (Å²) in [6.07, 6.45) is 38.1. The molecule has 0 aliphatic heterocycles. The minimum atomic E-state index is -0.791. The fraction of sp³-hybridized carbons (Fsp3) is 0.939. The Bertz CT molecular complexity index is 966. The fourth-order valence-electron chi connectivity index (χ4n) is 8.29. The lowest BCUT2D eigenvalue weighted by molar-refractivity contribution is -0.908. The van der Waals surface area contributed by atoms with E-state index >= 15 is 0 Å². The number of rotatable bonds is 46. The van der Waals surface area contributed by atoms with Crippen molar-refractivity contribution in [3.63, 3.8) is 0 Å². The van der Waals surface area contributed by atoms with Crippen LogP contribution in [0.3, 0.4) is 0 Å². The number of carbonyl (C=O) groups excluding carboxylic acids is 3. The van der Waals surface area contributed by atoms with Crippen molar-refractivity contribution in [3.05, 3.63) is 0 Å². The first-order valence-electron chi connectivity index (χ1n) is 25.8. The third-order valence-corrected chi connectivity index (χ3v) is 12.5. The summed E-state index contributed by atoms with van der Waals surface area (Å²) in [6.45, 7) is 9.81. The second-order valence-corrected chi connectivity index (χ2v) is 18.4. The first-order chi connectivity index (χ1) is 29.2. The zero-order valence-corrected chi connectivity index (χ0v) is 41.1. The summed E-state index contributed by atoms with van der Waals surface area (Å²) < 4.78 is 0.959. The van der Waals surface area contributed by atoms with Crippen molar-refractivity contribution in [2.45, 2.75) is 244 Å². The van der Waals surface area contributed by atoms with Crippen molar-refractivity contribution in [1.29, 1.82) is 0 Å². The molecule has 0 aliphatic carbocycles. The fourth-order valence-corrected chi connectivity index (χ4v) is 8.29. The Morgan fingerprint density at radius 2 is 0.754 bits per heavy atom. The Labute approximate surface area is 383 Å². The van der Waals surface area contributed by atoms with Crippen molar-refractivity contribution in [3.8, 4) is 0 Å². The van der Waals surface area contributed by atoms with E-state index in [-0.39, 0.29) is 30.1 Å². The van der Waals surface area contributed by atoms with Crippen LogP contribution in [0.15, 0.2) is 0 Å². The molecule has 11 N–H and O–H groups in total. The third kappa shape index (κ3) is 37.6. The molecule has 0 heterocycles. The van der Waals surface area contributed by atoms with Gasteiger partial charge in [0, 0.05) is 0 Å². The van der Waals surface area contributed by atoms with Crippen LogP contribution in [0.4, 0.5) is 0 Å². The van der Waals surface area contributed by atoms with Crippen LogP contribution in [-0.2, 0) is 14.4 Å². The minimum Gasteiger partial charge on any atom is -1.00 e. The highest BCUT2D eigenvalue weighted by molar-refractivity contribution is 5.93. The Morgan fingerprint density at radius 3 is 1.13 bits per heavy atom. The highest BCUT2D eigenvalue weighted by Crippen LogP contribution is 2.17. The quantitative estimate of drug-likeness (QED) is 0.0304. The molecule has 0 rings (SSSR count). The summed E-state index contributed by atoms with van der Waals surface area (Å²) in [5, 5.41) is 9.08. The molecule has 0 fully saturated rings. The maximum absolute atomic E-state index is 13.8. The molecule has 0 bridgehead atoms. The van der Waals surface area contributed by atoms with Gasteiger partial charge in [-0.05, 0) is 96.7 Å². The van der Waals surface area contributed by atoms with Gasteiger partial charge in [0.2, 0.25) is 17.7 Å². The summed E-state index contributed by atoms with van der Waals surface area (Å²) >= 11 is 0. The van der Waals surface area contributed by atoms with Gasteiger partial charge in [-0.1, -0.05) is 149 Å². The molecule has 0 unspecified atom stereocenters. The Hall–Kier alpha value is -1.50. The molecule has 0 aromatic rings. The van der Waals surface area contributed by atoms with E-state index in [1.165, 1.54) is 154 Å². The van der Waals surface area contributed by atoms with Crippen LogP contribution in [0.2, 0.25) is 0 Å². The van der Waals surface area contributed by atoms with Crippen LogP contribution < -0.4 is 51.3 Å². The van der Waals surface area contributed by atoms with E-state index in [2.05, 4.69) is 36.8 Å². The van der Waals surface area contributed by atoms with Gasteiger partial charge in [0.1, 0.15) is 12.1 Å². The molecule has 0 saturated carbocycles. The number of amides is 3. The molecule has 3 atom stereocenters. The maximum atomic E-state index is 13.8. The molecule has 0 aliphatic rings. The summed E-state index contributed by atoms with van der Waals surface area (Å²) in [5.41, 5.74) is 23.3. The van der Waals surface area contributed by atoms with Crippen LogP contribution in [-0.4, -0.2) is 93.2 Å². The van der Waals surface area contributed by atoms with E-state index in [0.29, 0.717) is 51.9 Å². The van der Waals surface area contributed by atoms with E-state index in [1.54, 1.807) is 0 Å². The van der Waals surface area contributed by atoms with Gasteiger partial charge in [0.25, 0.3) is 0 Å². The van der Waals surface area contributed by atoms with E-state index < -0.39 is 18.1 Å². The smallest absolute Gasteiger partial charge is 0.243 e. The third-order valence-electron chi connectivity index (χ3n) is 12.5. The van der Waals surface area contributed by atoms with Crippen molar-refractivity contribution < 1.29 is 31.3 Å². The van der Waals surface area contributed by atoms with E-state index in [9.17, 15) is 14.4 Å². The van der Waals surface area contributed by atoms with Crippen molar-refractivity contribution in [1.82, 2.24) is 16.0 Å². The van der Waals surface area contributed by atoms with Gasteiger partial charge in [-0.2, -0.15) is 0 Å². The predicted octanol–water partition coefficient (Wildman–Crippen LogP) is 5.64. The summed E-state index contributed by atoms with van der Waals surface area (Å²) in [5.74, 6) is -0.891. The number of nitrogens with two attached hydrogens (primary N) is 4. The highest BCUT2D eigenvalue weighted by Gasteiger charge is 2.28. The van der Waals surface area contributed by atoms with Gasteiger partial charge in [-0.15, -0.1) is 0 Å². The molecule has 3 amide bonds. The van der Waals surface area contributed by atoms with Crippen LogP contribution in [0.5, 0.6) is 0 Å². The number of unbranched alkanes of at least 4 members (excludes halogenated alkanes) is 25. The van der Waals surface area contributed by atoms with Crippen LogP contribution in [0.25, 0.3) is 0 Å². The van der Waals surface area contributed by atoms with E-state index in [0.717, 1.165) is 56.2 Å². The molecule has 0 saturated heterocycles. The molecular formula is C49H103ClN8O3. The Morgan fingerprint density at radius 1 is 0.426 bits per heavy atom. The lowest BCUT2D eigenvalue weighted by Gasteiger charge is -2.35. The molecule has 0 spiro atoms. The monoisotopic (exact) mass is 887 g/mol. The average Bonchev–Trinajstić information content (AvgIpc) is 3.23. The number of carbonyl (C=O) groups is 3. The van der Waals surface area contributed by atoms with Gasteiger partial charge < -0.3 is 55.8 Å². The van der Waals surface area contributed by atoms with E-state index in [4.69, 9.17) is 22.9 Å². The second-order valence-electron chi connectivity index (χ2n) is 18.4. The van der Waals surface area contributed by atoms with Crippen molar-refractivity contribution in [2.75, 3.05) is 52.9 Å². The number of nitrogens with zero attached hydrogens (tertiary/aromatic N) is 1. The van der Waals surface area contributed by atoms with Gasteiger partial charge in [-0.25, -0.2) is 0 Å². The number of halogens is 1. The Kier molecular flexibility index (Phi) is 45.5. The number of nitrogens with one attached hydrogen (secondary N) is 3. The average molecular weight is 888 g/mol. The number of likely N-dealkylation sites (N-methyl/N-ethyl adjacent to an activating group) is 1. The molecular weight excluding hydrogens is 784 g/mol. The zero-order valence-electron chi connectivity index (χ0n) is 40.4. The first kappa shape index (κ1) is 61.6. The predicted molar refractivity (Wildman–Crippen MR) is 257 cm³/mol. The van der Waals surface area contributed by atoms with E-state index in [1.807, 2.05) is 0 Å². The molecule has 11 nitrogen and oxygen atoms in total. The standard InChI is InChI=1S/C49H102N8O3.ClH/c1-4-6-8-10-12-14-16-18-20-22-24-32-41-57(3,42-33-25-23-21-19-17-15-13-11-9-7-5-2)43-40-54-48(59)45(35-27-30-38-51)56-49(60)46(36-28-31-39-52)55-47(58)44(53)34-26-29-37-50;/h44-46H,4-43,50-53H2,1-3H3,(H2-,54,55,56,58,59,60);1H/t44-,45-,46-;/m0./s1. The molecule has 364 valence electrons. The molecule has 61 heavy (non-hydrogen) atoms. The normalized spacial score (nSPS) is 13.0. The summed E-state index contributed by atoms with van der Waals surface area (Å²) in [7, 11) is 2.37. The van der Waals surface area contributed by atoms with Crippen molar-refractivity contribution >= 4 is 17.7 Å². The van der Waals surface area contributed by atoms with Crippen LogP contribution in [0, 0.1) is 0 Å². The van der Waals surface area contributed by atoms with Gasteiger partial charge >= 0.3 is 0 Å². The maximum Gasteiger partial charge on any atom is 0.243 e. The van der Waals surface area contributed by atoms with Gasteiger partial charge in [0.15, 0.2) is 0 Å². The topological polar surface area (TPSA) is 191 Å². The summed E-state index contributed by atoms with van der Waals surface area (Å²) in [6, 6.07) is -2.22. The summed E-state index contributed by atoms with van der Waals surface area (Å²) in [4.78, 5) is 40.5. The SMILES string of the molecule is CCCCCCCCCCCCCC[N+](C)(CCCCCCCCCCCCCC)CCNC(=O)[C@H](CCCCN)NC(=O)[C@H](CCCCN)NC(=O)[C@@H](N)CCCCN.[Cl-]. The second kappa shape index (κ2) is 45.1. The molecule has 0 aromatic carbocycles. The molecule has 0 aromatic heterocycles. The van der Waals surface area contributed by atoms with Gasteiger partial charge in [0.05, 0.1) is 39.3 Å². The highest BCUT2D eigenvalue weighted by atomic mass is 35.5. The first-order valence-corrected chi connectivity index (χ1v) is 25.8. The Balaban J connectivity index is 0. The lowest BCUT2D eigenvalue weighted by Crippen LogP contribution is -3.00. The minimum absolute atomic E-state index is 0. The molecule has 0 radical (unpaired) electrons. The zero-order chi connectivity index (χ0) is 44.4. The number of quaternary nitrogens is 1. The van der Waals surface area contributed by atoms with Crippen LogP contribution in [0.1, 0.15) is 226 Å². The van der Waals surface area contributed by atoms with Crippen molar-refractivity contribution in [2.24, 2.45) is 22.9 Å². The largest absolute Gasteiger partial charge is 1.00 e. The van der Waals surface area contributed by atoms with Gasteiger partial charge in [-0.3, -0.25) is 14.4 Å². The number of hydrogen-bond donors (Lipinski definition) is 7. The lowest BCUT2D eigenvalue weighted by atomic mass is 10.0. The van der Waals surface area contributed by atoms with Crippen LogP contribution >= 0.6 is 0 Å². The number of hydrogen-bond acceptors (Lipinski definition) is 7.